The Bertz CT molecular complexity index is 511. The Morgan fingerprint density at radius 1 is 1.45 bits per heavy atom. The number of nitrogens with two attached hydrogens (primary N) is 1. The largest absolute Gasteiger partial charge is 0.389 e. The van der Waals surface area contributed by atoms with Crippen LogP contribution >= 0.6 is 28.1 Å². The number of halogens is 2. The van der Waals surface area contributed by atoms with Crippen LogP contribution in [0.5, 0.6) is 0 Å². The molecule has 20 heavy (non-hydrogen) atoms. The standard InChI is InChI=1S/C13H17BrFN3OS/c1-2-6-18-10(19)5-7-17-9-4-3-8(13(16)20)11(14)12(9)15/h3-4,17H,2,5-7H2,1H3,(H2,16,20)(H,18,19). The van der Waals surface area contributed by atoms with Gasteiger partial charge in [-0.3, -0.25) is 4.79 Å². The Hall–Kier alpha value is -1.21. The van der Waals surface area contributed by atoms with E-state index in [0.717, 1.165) is 6.42 Å². The van der Waals surface area contributed by atoms with Crippen LogP contribution < -0.4 is 16.4 Å². The van der Waals surface area contributed by atoms with Crippen molar-refractivity contribution in [2.75, 3.05) is 18.4 Å². The number of hydrogen-bond acceptors (Lipinski definition) is 3. The second kappa shape index (κ2) is 8.16. The van der Waals surface area contributed by atoms with Crippen LogP contribution in [0.25, 0.3) is 0 Å². The molecule has 110 valence electrons. The van der Waals surface area contributed by atoms with Gasteiger partial charge in [-0.2, -0.15) is 0 Å². The normalized spacial score (nSPS) is 10.2. The van der Waals surface area contributed by atoms with Crippen LogP contribution in [-0.2, 0) is 4.79 Å². The van der Waals surface area contributed by atoms with Crippen molar-refractivity contribution in [3.8, 4) is 0 Å². The van der Waals surface area contributed by atoms with E-state index in [-0.39, 0.29) is 21.8 Å². The first-order valence-electron chi connectivity index (χ1n) is 6.25. The second-order valence-corrected chi connectivity index (χ2v) is 5.41. The van der Waals surface area contributed by atoms with Crippen molar-refractivity contribution < 1.29 is 9.18 Å². The van der Waals surface area contributed by atoms with Crippen LogP contribution in [0.1, 0.15) is 25.3 Å². The first kappa shape index (κ1) is 16.8. The molecule has 0 unspecified atom stereocenters. The number of amides is 1. The van der Waals surface area contributed by atoms with E-state index < -0.39 is 5.82 Å². The van der Waals surface area contributed by atoms with Gasteiger partial charge in [0, 0.05) is 25.1 Å². The van der Waals surface area contributed by atoms with Gasteiger partial charge in [0.15, 0.2) is 5.82 Å². The third-order valence-corrected chi connectivity index (χ3v) is 3.58. The molecule has 0 aliphatic carbocycles. The third kappa shape index (κ3) is 4.72. The van der Waals surface area contributed by atoms with Crippen LogP contribution in [0.4, 0.5) is 10.1 Å². The summed E-state index contributed by atoms with van der Waals surface area (Å²) in [5.41, 5.74) is 6.23. The molecule has 0 aliphatic rings. The second-order valence-electron chi connectivity index (χ2n) is 4.18. The summed E-state index contributed by atoms with van der Waals surface area (Å²) >= 11 is 7.95. The number of rotatable bonds is 7. The molecule has 0 fully saturated rings. The van der Waals surface area contributed by atoms with Crippen molar-refractivity contribution in [2.24, 2.45) is 5.73 Å². The molecule has 1 aromatic carbocycles. The predicted octanol–water partition coefficient (Wildman–Crippen LogP) is 2.55. The molecule has 0 aromatic heterocycles. The SMILES string of the molecule is CCCNC(=O)CCNc1ccc(C(N)=S)c(Br)c1F. The van der Waals surface area contributed by atoms with Gasteiger partial charge in [-0.1, -0.05) is 19.1 Å². The van der Waals surface area contributed by atoms with Gasteiger partial charge in [-0.25, -0.2) is 4.39 Å². The summed E-state index contributed by atoms with van der Waals surface area (Å²) in [5.74, 6) is -0.525. The fourth-order valence-corrected chi connectivity index (χ4v) is 2.40. The summed E-state index contributed by atoms with van der Waals surface area (Å²) in [6.07, 6.45) is 1.18. The van der Waals surface area contributed by atoms with Crippen molar-refractivity contribution in [3.63, 3.8) is 0 Å². The maximum Gasteiger partial charge on any atom is 0.221 e. The van der Waals surface area contributed by atoms with Crippen LogP contribution in [0.15, 0.2) is 16.6 Å². The Labute approximate surface area is 131 Å². The molecule has 4 N–H and O–H groups in total. The monoisotopic (exact) mass is 361 g/mol. The zero-order valence-corrected chi connectivity index (χ0v) is 13.5. The highest BCUT2D eigenvalue weighted by Gasteiger charge is 2.12. The predicted molar refractivity (Wildman–Crippen MR) is 86.4 cm³/mol. The minimum atomic E-state index is -0.468. The van der Waals surface area contributed by atoms with Crippen LogP contribution in [0.2, 0.25) is 0 Å². The van der Waals surface area contributed by atoms with Crippen molar-refractivity contribution >= 4 is 44.7 Å². The lowest BCUT2D eigenvalue weighted by molar-refractivity contribution is -0.120. The van der Waals surface area contributed by atoms with Gasteiger partial charge in [0.1, 0.15) is 4.99 Å². The summed E-state index contributed by atoms with van der Waals surface area (Å²) in [5, 5.41) is 5.63. The Morgan fingerprint density at radius 3 is 2.75 bits per heavy atom. The van der Waals surface area contributed by atoms with Crippen molar-refractivity contribution in [1.29, 1.82) is 0 Å². The molecule has 1 amide bonds. The van der Waals surface area contributed by atoms with Crippen LogP contribution in [0, 0.1) is 5.82 Å². The smallest absolute Gasteiger partial charge is 0.221 e. The Kier molecular flexibility index (Phi) is 6.87. The molecule has 7 heteroatoms. The first-order valence-corrected chi connectivity index (χ1v) is 7.45. The summed E-state index contributed by atoms with van der Waals surface area (Å²) in [6.45, 7) is 2.99. The van der Waals surface area contributed by atoms with Gasteiger partial charge in [-0.05, 0) is 34.5 Å². The average molecular weight is 362 g/mol. The molecule has 1 aromatic rings. The van der Waals surface area contributed by atoms with E-state index in [9.17, 15) is 9.18 Å². The van der Waals surface area contributed by atoms with Crippen molar-refractivity contribution in [3.05, 3.63) is 28.0 Å². The third-order valence-electron chi connectivity index (χ3n) is 2.59. The summed E-state index contributed by atoms with van der Waals surface area (Å²) < 4.78 is 14.3. The molecular weight excluding hydrogens is 345 g/mol. The van der Waals surface area contributed by atoms with E-state index in [0.29, 0.717) is 24.3 Å². The first-order chi connectivity index (χ1) is 9.47. The molecule has 0 aliphatic heterocycles. The van der Waals surface area contributed by atoms with Gasteiger partial charge in [0.2, 0.25) is 5.91 Å². The zero-order chi connectivity index (χ0) is 15.1. The quantitative estimate of drug-likeness (QED) is 0.653. The highest BCUT2D eigenvalue weighted by Crippen LogP contribution is 2.27. The maximum atomic E-state index is 14.0. The average Bonchev–Trinajstić information content (AvgIpc) is 2.40. The molecule has 0 radical (unpaired) electrons. The minimum absolute atomic E-state index is 0.0569. The maximum absolute atomic E-state index is 14.0. The highest BCUT2D eigenvalue weighted by atomic mass is 79.9. The number of nitrogens with one attached hydrogen (secondary N) is 2. The van der Waals surface area contributed by atoms with Gasteiger partial charge < -0.3 is 16.4 Å². The zero-order valence-electron chi connectivity index (χ0n) is 11.1. The molecule has 1 rings (SSSR count). The van der Waals surface area contributed by atoms with Gasteiger partial charge >= 0.3 is 0 Å². The van der Waals surface area contributed by atoms with Crippen molar-refractivity contribution in [2.45, 2.75) is 19.8 Å². The van der Waals surface area contributed by atoms with Gasteiger partial charge in [-0.15, -0.1) is 0 Å². The summed E-state index contributed by atoms with van der Waals surface area (Å²) in [4.78, 5) is 11.5. The summed E-state index contributed by atoms with van der Waals surface area (Å²) in [6, 6.07) is 3.19. The fraction of sp³-hybridized carbons (Fsp3) is 0.385. The molecular formula is C13H17BrFN3OS. The molecule has 0 saturated heterocycles. The minimum Gasteiger partial charge on any atom is -0.389 e. The Balaban J connectivity index is 2.59. The van der Waals surface area contributed by atoms with Gasteiger partial charge in [0.05, 0.1) is 10.2 Å². The number of carbonyl (C=O) groups is 1. The van der Waals surface area contributed by atoms with Crippen molar-refractivity contribution in [1.82, 2.24) is 5.32 Å². The number of hydrogen-bond donors (Lipinski definition) is 3. The van der Waals surface area contributed by atoms with Gasteiger partial charge in [0.25, 0.3) is 0 Å². The van der Waals surface area contributed by atoms with E-state index in [1.807, 2.05) is 6.92 Å². The van der Waals surface area contributed by atoms with Crippen LogP contribution in [-0.4, -0.2) is 24.0 Å². The number of benzene rings is 1. The van der Waals surface area contributed by atoms with E-state index in [4.69, 9.17) is 18.0 Å². The number of thiocarbonyl (C=S) groups is 1. The molecule has 0 heterocycles. The fourth-order valence-electron chi connectivity index (χ4n) is 1.54. The molecule has 0 saturated carbocycles. The molecule has 0 bridgehead atoms. The lowest BCUT2D eigenvalue weighted by atomic mass is 10.2. The van der Waals surface area contributed by atoms with E-state index in [2.05, 4.69) is 26.6 Å². The molecule has 0 atom stereocenters. The molecule has 0 spiro atoms. The summed E-state index contributed by atoms with van der Waals surface area (Å²) in [7, 11) is 0. The van der Waals surface area contributed by atoms with E-state index in [1.165, 1.54) is 0 Å². The van der Waals surface area contributed by atoms with Crippen LogP contribution in [0.3, 0.4) is 0 Å². The lowest BCUT2D eigenvalue weighted by Gasteiger charge is -2.11. The van der Waals surface area contributed by atoms with E-state index in [1.54, 1.807) is 12.1 Å². The number of anilines is 1. The highest BCUT2D eigenvalue weighted by molar-refractivity contribution is 9.10. The molecule has 4 nitrogen and oxygen atoms in total. The van der Waals surface area contributed by atoms with E-state index >= 15 is 0 Å². The number of carbonyl (C=O) groups excluding carboxylic acids is 1. The lowest BCUT2D eigenvalue weighted by Crippen LogP contribution is -2.26. The Morgan fingerprint density at radius 2 is 2.15 bits per heavy atom. The topological polar surface area (TPSA) is 67.2 Å².